The Kier molecular flexibility index (Phi) is 4.74. The van der Waals surface area contributed by atoms with E-state index in [4.69, 9.17) is 0 Å². The molecule has 0 saturated heterocycles. The van der Waals surface area contributed by atoms with Crippen molar-refractivity contribution in [3.05, 3.63) is 40.3 Å². The van der Waals surface area contributed by atoms with Crippen molar-refractivity contribution in [3.63, 3.8) is 0 Å². The zero-order valence-corrected chi connectivity index (χ0v) is 12.2. The summed E-state index contributed by atoms with van der Waals surface area (Å²) in [5.74, 6) is 0.193. The number of carbonyl (C=O) groups is 1. The number of hydrogen-bond donors (Lipinski definition) is 0. The fourth-order valence-corrected chi connectivity index (χ4v) is 2.85. The average molecular weight is 277 g/mol. The smallest absolute Gasteiger partial charge is 0.222 e. The fraction of sp³-hybridized carbons (Fsp3) is 0.429. The van der Waals surface area contributed by atoms with Gasteiger partial charge in [0.15, 0.2) is 0 Å². The first-order valence-corrected chi connectivity index (χ1v) is 7.23. The summed E-state index contributed by atoms with van der Waals surface area (Å²) in [6.45, 7) is 3.59. The van der Waals surface area contributed by atoms with Crippen LogP contribution in [0, 0.1) is 6.92 Å². The number of carbonyl (C=O) groups excluding carboxylic acids is 1. The first-order chi connectivity index (χ1) is 9.15. The molecule has 102 valence electrons. The van der Waals surface area contributed by atoms with Gasteiger partial charge in [-0.25, -0.2) is 0 Å². The van der Waals surface area contributed by atoms with Crippen LogP contribution in [0.1, 0.15) is 22.6 Å². The molecule has 2 heterocycles. The third-order valence-corrected chi connectivity index (χ3v) is 3.94. The van der Waals surface area contributed by atoms with Gasteiger partial charge in [0.25, 0.3) is 0 Å². The highest BCUT2D eigenvalue weighted by Crippen LogP contribution is 2.17. The van der Waals surface area contributed by atoms with Crippen molar-refractivity contribution in [1.82, 2.24) is 14.7 Å². The summed E-state index contributed by atoms with van der Waals surface area (Å²) in [4.78, 5) is 16.3. The minimum absolute atomic E-state index is 0.193. The lowest BCUT2D eigenvalue weighted by Crippen LogP contribution is -2.25. The van der Waals surface area contributed by atoms with Crippen molar-refractivity contribution in [2.75, 3.05) is 7.05 Å². The van der Waals surface area contributed by atoms with E-state index >= 15 is 0 Å². The number of rotatable bonds is 6. The SMILES string of the molecule is Cc1ccc(CN(C)C(=O)CCCn2cccn2)s1. The van der Waals surface area contributed by atoms with Gasteiger partial charge in [-0.1, -0.05) is 0 Å². The molecule has 0 bridgehead atoms. The van der Waals surface area contributed by atoms with Crippen LogP contribution in [0.2, 0.25) is 0 Å². The van der Waals surface area contributed by atoms with Gasteiger partial charge in [-0.05, 0) is 31.5 Å². The van der Waals surface area contributed by atoms with E-state index in [1.807, 2.05) is 24.0 Å². The molecule has 0 aliphatic heterocycles. The van der Waals surface area contributed by atoms with Gasteiger partial charge in [-0.15, -0.1) is 11.3 Å². The second-order valence-corrected chi connectivity index (χ2v) is 6.01. The maximum Gasteiger partial charge on any atom is 0.222 e. The molecule has 0 aromatic carbocycles. The molecule has 0 saturated carbocycles. The zero-order valence-electron chi connectivity index (χ0n) is 11.4. The Morgan fingerprint density at radius 1 is 1.47 bits per heavy atom. The summed E-state index contributed by atoms with van der Waals surface area (Å²) in [5, 5.41) is 4.12. The predicted octanol–water partition coefficient (Wildman–Crippen LogP) is 2.69. The maximum atomic E-state index is 12.0. The van der Waals surface area contributed by atoms with Gasteiger partial charge in [0.2, 0.25) is 5.91 Å². The van der Waals surface area contributed by atoms with E-state index in [9.17, 15) is 4.79 Å². The van der Waals surface area contributed by atoms with Crippen LogP contribution in [0.3, 0.4) is 0 Å². The molecule has 0 N–H and O–H groups in total. The molecule has 1 amide bonds. The molecule has 0 aliphatic carbocycles. The lowest BCUT2D eigenvalue weighted by molar-refractivity contribution is -0.130. The molecule has 5 heteroatoms. The number of thiophene rings is 1. The molecule has 0 aliphatic rings. The fourth-order valence-electron chi connectivity index (χ4n) is 1.91. The maximum absolute atomic E-state index is 12.0. The van der Waals surface area contributed by atoms with E-state index in [0.29, 0.717) is 13.0 Å². The average Bonchev–Trinajstić information content (AvgIpc) is 3.01. The summed E-state index contributed by atoms with van der Waals surface area (Å²) < 4.78 is 1.86. The molecule has 0 atom stereocenters. The third kappa shape index (κ3) is 4.21. The van der Waals surface area contributed by atoms with E-state index in [1.165, 1.54) is 9.75 Å². The lowest BCUT2D eigenvalue weighted by Gasteiger charge is -2.16. The molecule has 19 heavy (non-hydrogen) atoms. The first-order valence-electron chi connectivity index (χ1n) is 6.42. The van der Waals surface area contributed by atoms with Gasteiger partial charge in [0.05, 0.1) is 6.54 Å². The van der Waals surface area contributed by atoms with Crippen molar-refractivity contribution in [2.45, 2.75) is 32.9 Å². The molecule has 0 spiro atoms. The van der Waals surface area contributed by atoms with Gasteiger partial charge in [-0.2, -0.15) is 5.10 Å². The normalized spacial score (nSPS) is 10.6. The molecular weight excluding hydrogens is 258 g/mol. The van der Waals surface area contributed by atoms with Crippen LogP contribution in [0.25, 0.3) is 0 Å². The molecule has 2 rings (SSSR count). The number of amides is 1. The molecule has 0 radical (unpaired) electrons. The highest BCUT2D eigenvalue weighted by molar-refractivity contribution is 7.11. The number of aromatic nitrogens is 2. The van der Waals surface area contributed by atoms with Crippen LogP contribution in [0.15, 0.2) is 30.6 Å². The molecule has 2 aromatic heterocycles. The molecule has 2 aromatic rings. The minimum Gasteiger partial charge on any atom is -0.341 e. The lowest BCUT2D eigenvalue weighted by atomic mass is 10.2. The summed E-state index contributed by atoms with van der Waals surface area (Å²) in [6.07, 6.45) is 5.07. The van der Waals surface area contributed by atoms with Gasteiger partial charge < -0.3 is 4.90 Å². The highest BCUT2D eigenvalue weighted by atomic mass is 32.1. The van der Waals surface area contributed by atoms with E-state index in [0.717, 1.165) is 13.0 Å². The second-order valence-electron chi connectivity index (χ2n) is 4.63. The standard InChI is InChI=1S/C14H19N3OS/c1-12-6-7-13(19-12)11-16(2)14(18)5-3-9-17-10-4-8-15-17/h4,6-8,10H,3,5,9,11H2,1-2H3. The van der Waals surface area contributed by atoms with Crippen LogP contribution < -0.4 is 0 Å². The Balaban J connectivity index is 1.73. The van der Waals surface area contributed by atoms with Gasteiger partial charge in [0, 0.05) is 42.2 Å². The van der Waals surface area contributed by atoms with E-state index < -0.39 is 0 Å². The zero-order chi connectivity index (χ0) is 13.7. The molecule has 0 unspecified atom stereocenters. The summed E-state index contributed by atoms with van der Waals surface area (Å²) >= 11 is 1.75. The van der Waals surface area contributed by atoms with Crippen molar-refractivity contribution in [2.24, 2.45) is 0 Å². The first kappa shape index (κ1) is 13.8. The summed E-state index contributed by atoms with van der Waals surface area (Å²) in [7, 11) is 1.87. The van der Waals surface area contributed by atoms with Crippen LogP contribution in [0.4, 0.5) is 0 Å². The monoisotopic (exact) mass is 277 g/mol. The van der Waals surface area contributed by atoms with E-state index in [2.05, 4.69) is 24.2 Å². The van der Waals surface area contributed by atoms with Crippen molar-refractivity contribution < 1.29 is 4.79 Å². The summed E-state index contributed by atoms with van der Waals surface area (Å²) in [6, 6.07) is 6.08. The Labute approximate surface area is 117 Å². The van der Waals surface area contributed by atoms with Crippen molar-refractivity contribution in [3.8, 4) is 0 Å². The molecule has 4 nitrogen and oxygen atoms in total. The highest BCUT2D eigenvalue weighted by Gasteiger charge is 2.10. The minimum atomic E-state index is 0.193. The number of hydrogen-bond acceptors (Lipinski definition) is 3. The van der Waals surface area contributed by atoms with Crippen molar-refractivity contribution in [1.29, 1.82) is 0 Å². The van der Waals surface area contributed by atoms with Crippen LogP contribution >= 0.6 is 11.3 Å². The van der Waals surface area contributed by atoms with E-state index in [-0.39, 0.29) is 5.91 Å². The third-order valence-electron chi connectivity index (χ3n) is 2.95. The van der Waals surface area contributed by atoms with Crippen LogP contribution in [-0.4, -0.2) is 27.6 Å². The second kappa shape index (κ2) is 6.52. The Hall–Kier alpha value is -1.62. The Morgan fingerprint density at radius 2 is 2.32 bits per heavy atom. The Morgan fingerprint density at radius 3 is 2.95 bits per heavy atom. The van der Waals surface area contributed by atoms with E-state index in [1.54, 1.807) is 22.4 Å². The van der Waals surface area contributed by atoms with Crippen LogP contribution in [-0.2, 0) is 17.9 Å². The molecule has 0 fully saturated rings. The van der Waals surface area contributed by atoms with Gasteiger partial charge in [-0.3, -0.25) is 9.48 Å². The predicted molar refractivity (Wildman–Crippen MR) is 77.0 cm³/mol. The van der Waals surface area contributed by atoms with Crippen molar-refractivity contribution >= 4 is 17.2 Å². The quantitative estimate of drug-likeness (QED) is 0.814. The van der Waals surface area contributed by atoms with Crippen LogP contribution in [0.5, 0.6) is 0 Å². The van der Waals surface area contributed by atoms with Gasteiger partial charge in [0.1, 0.15) is 0 Å². The largest absolute Gasteiger partial charge is 0.341 e. The Bertz CT molecular complexity index is 519. The summed E-state index contributed by atoms with van der Waals surface area (Å²) in [5.41, 5.74) is 0. The number of aryl methyl sites for hydroxylation is 2. The van der Waals surface area contributed by atoms with Gasteiger partial charge >= 0.3 is 0 Å². The number of nitrogens with zero attached hydrogens (tertiary/aromatic N) is 3. The molecular formula is C14H19N3OS. The topological polar surface area (TPSA) is 38.1 Å².